The predicted octanol–water partition coefficient (Wildman–Crippen LogP) is 1.87. The van der Waals surface area contributed by atoms with Crippen molar-refractivity contribution < 1.29 is 4.74 Å². The maximum absolute atomic E-state index is 5.63. The molecule has 94 valence electrons. The Labute approximate surface area is 106 Å². The van der Waals surface area contributed by atoms with Crippen LogP contribution in [-0.2, 0) is 20.0 Å². The summed E-state index contributed by atoms with van der Waals surface area (Å²) in [6.45, 7) is 1.30. The molecule has 4 nitrogen and oxygen atoms in total. The fourth-order valence-corrected chi connectivity index (χ4v) is 2.42. The number of benzene rings is 1. The van der Waals surface area contributed by atoms with Crippen LogP contribution < -0.4 is 10.5 Å². The number of hydrogen-bond acceptors (Lipinski definition) is 3. The molecule has 2 heterocycles. The van der Waals surface area contributed by atoms with E-state index in [2.05, 4.69) is 23.3 Å². The van der Waals surface area contributed by atoms with E-state index in [1.165, 1.54) is 11.1 Å². The van der Waals surface area contributed by atoms with Gasteiger partial charge in [0, 0.05) is 19.2 Å². The van der Waals surface area contributed by atoms with Crippen molar-refractivity contribution in [2.45, 2.75) is 19.4 Å². The van der Waals surface area contributed by atoms with E-state index in [-0.39, 0.29) is 0 Å². The molecule has 0 radical (unpaired) electrons. The van der Waals surface area contributed by atoms with Crippen molar-refractivity contribution in [3.8, 4) is 17.0 Å². The van der Waals surface area contributed by atoms with Crippen LogP contribution in [0.4, 0.5) is 0 Å². The monoisotopic (exact) mass is 243 g/mol. The van der Waals surface area contributed by atoms with E-state index in [4.69, 9.17) is 10.5 Å². The van der Waals surface area contributed by atoms with Gasteiger partial charge in [0.05, 0.1) is 18.0 Å². The molecule has 0 bridgehead atoms. The van der Waals surface area contributed by atoms with Gasteiger partial charge in [-0.2, -0.15) is 5.10 Å². The first-order valence-corrected chi connectivity index (χ1v) is 6.27. The normalized spacial score (nSPS) is 14.1. The summed E-state index contributed by atoms with van der Waals surface area (Å²) in [6.07, 6.45) is 2.18. The molecule has 0 spiro atoms. The lowest BCUT2D eigenvalue weighted by Crippen LogP contribution is -2.08. The van der Waals surface area contributed by atoms with Crippen LogP contribution in [0, 0.1) is 0 Å². The van der Waals surface area contributed by atoms with Crippen molar-refractivity contribution in [1.82, 2.24) is 9.78 Å². The Hall–Kier alpha value is -1.81. The lowest BCUT2D eigenvalue weighted by molar-refractivity contribution is 0.288. The molecule has 1 aromatic carbocycles. The van der Waals surface area contributed by atoms with Crippen LogP contribution in [0.5, 0.6) is 5.75 Å². The van der Waals surface area contributed by atoms with Crippen LogP contribution >= 0.6 is 0 Å². The number of aryl methyl sites for hydroxylation is 2. The zero-order valence-corrected chi connectivity index (χ0v) is 10.5. The zero-order valence-electron chi connectivity index (χ0n) is 10.5. The lowest BCUT2D eigenvalue weighted by atomic mass is 10.0. The second kappa shape index (κ2) is 4.46. The van der Waals surface area contributed by atoms with Crippen LogP contribution in [-0.4, -0.2) is 16.4 Å². The molecule has 0 aliphatic carbocycles. The number of hydrogen-bond donors (Lipinski definition) is 1. The maximum atomic E-state index is 5.63. The van der Waals surface area contributed by atoms with Crippen molar-refractivity contribution in [3.63, 3.8) is 0 Å². The van der Waals surface area contributed by atoms with E-state index in [1.54, 1.807) is 0 Å². The highest BCUT2D eigenvalue weighted by atomic mass is 16.5. The van der Waals surface area contributed by atoms with Gasteiger partial charge in [-0.25, -0.2) is 0 Å². The third kappa shape index (κ3) is 1.88. The first kappa shape index (κ1) is 11.3. The van der Waals surface area contributed by atoms with Crippen molar-refractivity contribution in [3.05, 3.63) is 35.5 Å². The molecular formula is C14H17N3O. The summed E-state index contributed by atoms with van der Waals surface area (Å²) in [7, 11) is 1.95. The average molecular weight is 243 g/mol. The summed E-state index contributed by atoms with van der Waals surface area (Å²) < 4.78 is 7.51. The third-order valence-corrected chi connectivity index (χ3v) is 3.34. The lowest BCUT2D eigenvalue weighted by Gasteiger charge is -2.17. The molecule has 0 unspecified atom stereocenters. The van der Waals surface area contributed by atoms with Crippen LogP contribution in [0.3, 0.4) is 0 Å². The Balaban J connectivity index is 2.03. The molecule has 0 saturated heterocycles. The second-order valence-electron chi connectivity index (χ2n) is 4.62. The van der Waals surface area contributed by atoms with Gasteiger partial charge in [0.1, 0.15) is 5.75 Å². The molecule has 0 saturated carbocycles. The van der Waals surface area contributed by atoms with Gasteiger partial charge in [0.15, 0.2) is 0 Å². The molecule has 0 atom stereocenters. The quantitative estimate of drug-likeness (QED) is 0.876. The maximum Gasteiger partial charge on any atom is 0.122 e. The highest BCUT2D eigenvalue weighted by molar-refractivity contribution is 5.63. The smallest absolute Gasteiger partial charge is 0.122 e. The summed E-state index contributed by atoms with van der Waals surface area (Å²) in [4.78, 5) is 0. The molecule has 2 aromatic rings. The summed E-state index contributed by atoms with van der Waals surface area (Å²) in [6, 6.07) is 8.39. The first-order chi connectivity index (χ1) is 8.78. The van der Waals surface area contributed by atoms with Gasteiger partial charge in [0.25, 0.3) is 0 Å². The summed E-state index contributed by atoms with van der Waals surface area (Å²) in [5.41, 5.74) is 10.1. The molecule has 1 aliphatic rings. The van der Waals surface area contributed by atoms with Crippen LogP contribution in [0.1, 0.15) is 17.7 Å². The Morgan fingerprint density at radius 2 is 2.28 bits per heavy atom. The minimum absolute atomic E-state index is 0.474. The van der Waals surface area contributed by atoms with Gasteiger partial charge >= 0.3 is 0 Å². The van der Waals surface area contributed by atoms with Gasteiger partial charge in [-0.05, 0) is 42.7 Å². The van der Waals surface area contributed by atoms with E-state index in [0.29, 0.717) is 6.54 Å². The summed E-state index contributed by atoms with van der Waals surface area (Å²) >= 11 is 0. The van der Waals surface area contributed by atoms with Crippen molar-refractivity contribution in [2.24, 2.45) is 12.8 Å². The summed E-state index contributed by atoms with van der Waals surface area (Å²) in [5, 5.41) is 4.38. The van der Waals surface area contributed by atoms with E-state index < -0.39 is 0 Å². The van der Waals surface area contributed by atoms with E-state index >= 15 is 0 Å². The number of rotatable bonds is 2. The van der Waals surface area contributed by atoms with Crippen LogP contribution in [0.25, 0.3) is 11.3 Å². The van der Waals surface area contributed by atoms with Crippen molar-refractivity contribution >= 4 is 0 Å². The van der Waals surface area contributed by atoms with Gasteiger partial charge in [0.2, 0.25) is 0 Å². The number of nitrogens with two attached hydrogens (primary N) is 1. The molecule has 0 fully saturated rings. The molecular weight excluding hydrogens is 226 g/mol. The second-order valence-corrected chi connectivity index (χ2v) is 4.62. The van der Waals surface area contributed by atoms with Gasteiger partial charge < -0.3 is 10.5 Å². The van der Waals surface area contributed by atoms with Crippen molar-refractivity contribution in [2.75, 3.05) is 6.61 Å². The topological polar surface area (TPSA) is 53.1 Å². The molecule has 1 aliphatic heterocycles. The van der Waals surface area contributed by atoms with Gasteiger partial charge in [-0.15, -0.1) is 0 Å². The van der Waals surface area contributed by atoms with Crippen LogP contribution in [0.15, 0.2) is 24.3 Å². The van der Waals surface area contributed by atoms with Gasteiger partial charge in [-0.1, -0.05) is 0 Å². The minimum atomic E-state index is 0.474. The Kier molecular flexibility index (Phi) is 2.80. The number of fused-ring (bicyclic) bond motifs is 1. The summed E-state index contributed by atoms with van der Waals surface area (Å²) in [5.74, 6) is 1.02. The van der Waals surface area contributed by atoms with Crippen molar-refractivity contribution in [1.29, 1.82) is 0 Å². The molecule has 18 heavy (non-hydrogen) atoms. The largest absolute Gasteiger partial charge is 0.493 e. The Morgan fingerprint density at radius 3 is 3.06 bits per heavy atom. The van der Waals surface area contributed by atoms with E-state index in [0.717, 1.165) is 36.6 Å². The third-order valence-electron chi connectivity index (χ3n) is 3.34. The molecule has 3 rings (SSSR count). The SMILES string of the molecule is Cn1nc(CN)cc1-c1ccc2c(c1)CCCO2. The molecule has 2 N–H and O–H groups in total. The predicted molar refractivity (Wildman–Crippen MR) is 70.4 cm³/mol. The zero-order chi connectivity index (χ0) is 12.5. The van der Waals surface area contributed by atoms with Gasteiger partial charge in [-0.3, -0.25) is 4.68 Å². The highest BCUT2D eigenvalue weighted by Crippen LogP contribution is 2.30. The highest BCUT2D eigenvalue weighted by Gasteiger charge is 2.13. The average Bonchev–Trinajstić information content (AvgIpc) is 2.79. The Bertz CT molecular complexity index is 574. The molecule has 0 amide bonds. The van der Waals surface area contributed by atoms with E-state index in [1.807, 2.05) is 17.8 Å². The van der Waals surface area contributed by atoms with Crippen LogP contribution in [0.2, 0.25) is 0 Å². The minimum Gasteiger partial charge on any atom is -0.493 e. The van der Waals surface area contributed by atoms with E-state index in [9.17, 15) is 0 Å². The Morgan fingerprint density at radius 1 is 1.39 bits per heavy atom. The number of nitrogens with zero attached hydrogens (tertiary/aromatic N) is 2. The molecule has 4 heteroatoms. The number of ether oxygens (including phenoxy) is 1. The first-order valence-electron chi connectivity index (χ1n) is 6.27. The number of aromatic nitrogens is 2. The fraction of sp³-hybridized carbons (Fsp3) is 0.357. The fourth-order valence-electron chi connectivity index (χ4n) is 2.42. The molecule has 1 aromatic heterocycles. The standard InChI is InChI=1S/C14H17N3O/c1-17-13(8-12(9-15)16-17)10-4-5-14-11(7-10)3-2-6-18-14/h4-5,7-8H,2-3,6,9,15H2,1H3.